The number of hydrogen-bond donors (Lipinski definition) is 2. The van der Waals surface area contributed by atoms with Crippen molar-refractivity contribution >= 4 is 40.3 Å². The Bertz CT molecular complexity index is 1280. The Hall–Kier alpha value is -3.92. The van der Waals surface area contributed by atoms with Crippen LogP contribution in [0.25, 0.3) is 5.52 Å². The van der Waals surface area contributed by atoms with Gasteiger partial charge in [0, 0.05) is 42.6 Å². The summed E-state index contributed by atoms with van der Waals surface area (Å²) < 4.78 is 23.6. The Balaban J connectivity index is 1.62. The standard InChI is InChI=1S/C21H19ClFN7O2/c1-2-29-13-15(12-24-29)26-21-27-20(17-5-4-10-30(17)28-21)32-18-11-14(7-8-16(18)23)25-19(31)6-3-9-22/h3-8,10-13H,2,9H2,1H3,(H,25,31)(H,26,28)/b6-3+. The molecule has 2 N–H and O–H groups in total. The van der Waals surface area contributed by atoms with Gasteiger partial charge in [-0.2, -0.15) is 10.1 Å². The molecule has 1 aromatic carbocycles. The fraction of sp³-hybridized carbons (Fsp3) is 0.143. The number of hydrogen-bond acceptors (Lipinski definition) is 6. The lowest BCUT2D eigenvalue weighted by Gasteiger charge is -2.11. The molecule has 0 bridgehead atoms. The molecule has 0 aliphatic heterocycles. The van der Waals surface area contributed by atoms with Gasteiger partial charge in [-0.05, 0) is 31.2 Å². The van der Waals surface area contributed by atoms with Crippen LogP contribution in [-0.2, 0) is 11.3 Å². The summed E-state index contributed by atoms with van der Waals surface area (Å²) in [5.41, 5.74) is 1.60. The zero-order chi connectivity index (χ0) is 22.5. The minimum atomic E-state index is -0.610. The van der Waals surface area contributed by atoms with Gasteiger partial charge < -0.3 is 15.4 Å². The van der Waals surface area contributed by atoms with Crippen molar-refractivity contribution in [2.45, 2.75) is 13.5 Å². The van der Waals surface area contributed by atoms with Gasteiger partial charge in [-0.15, -0.1) is 16.7 Å². The van der Waals surface area contributed by atoms with E-state index in [0.29, 0.717) is 16.9 Å². The zero-order valence-corrected chi connectivity index (χ0v) is 17.8. The Morgan fingerprint density at radius 1 is 1.31 bits per heavy atom. The smallest absolute Gasteiger partial charge is 0.248 e. The average molecular weight is 456 g/mol. The molecule has 0 unspecified atom stereocenters. The fourth-order valence-electron chi connectivity index (χ4n) is 2.86. The van der Waals surface area contributed by atoms with E-state index < -0.39 is 11.7 Å². The van der Waals surface area contributed by atoms with Crippen LogP contribution >= 0.6 is 11.6 Å². The third kappa shape index (κ3) is 4.86. The molecule has 11 heteroatoms. The molecule has 32 heavy (non-hydrogen) atoms. The Morgan fingerprint density at radius 3 is 2.97 bits per heavy atom. The van der Waals surface area contributed by atoms with Crippen molar-refractivity contribution in [2.24, 2.45) is 0 Å². The number of halogens is 2. The van der Waals surface area contributed by atoms with Crippen molar-refractivity contribution < 1.29 is 13.9 Å². The van der Waals surface area contributed by atoms with E-state index in [-0.39, 0.29) is 23.5 Å². The van der Waals surface area contributed by atoms with E-state index in [1.165, 1.54) is 30.4 Å². The van der Waals surface area contributed by atoms with E-state index in [9.17, 15) is 9.18 Å². The molecular weight excluding hydrogens is 437 g/mol. The van der Waals surface area contributed by atoms with Crippen LogP contribution in [0.5, 0.6) is 11.6 Å². The topological polar surface area (TPSA) is 98.4 Å². The first-order chi connectivity index (χ1) is 15.6. The Kier molecular flexibility index (Phi) is 6.31. The minimum Gasteiger partial charge on any atom is -0.434 e. The van der Waals surface area contributed by atoms with E-state index in [4.69, 9.17) is 16.3 Å². The highest BCUT2D eigenvalue weighted by molar-refractivity contribution is 6.19. The van der Waals surface area contributed by atoms with Gasteiger partial charge in [0.05, 0.1) is 11.9 Å². The predicted octanol–water partition coefficient (Wildman–Crippen LogP) is 4.35. The average Bonchev–Trinajstić information content (AvgIpc) is 3.44. The number of carbonyl (C=O) groups excluding carboxylic acids is 1. The van der Waals surface area contributed by atoms with Gasteiger partial charge in [-0.1, -0.05) is 6.08 Å². The highest BCUT2D eigenvalue weighted by atomic mass is 35.5. The second-order valence-corrected chi connectivity index (χ2v) is 6.89. The lowest BCUT2D eigenvalue weighted by atomic mass is 10.3. The molecule has 0 saturated heterocycles. The SMILES string of the molecule is CCn1cc(Nc2nc(Oc3cc(NC(=O)/C=C/CCl)ccc3F)c3cccn3n2)cn1. The Morgan fingerprint density at radius 2 is 2.19 bits per heavy atom. The molecule has 3 aromatic heterocycles. The van der Waals surface area contributed by atoms with Gasteiger partial charge in [0.15, 0.2) is 11.6 Å². The molecule has 0 aliphatic rings. The van der Waals surface area contributed by atoms with Gasteiger partial charge in [0.25, 0.3) is 0 Å². The second-order valence-electron chi connectivity index (χ2n) is 6.58. The van der Waals surface area contributed by atoms with Gasteiger partial charge >= 0.3 is 0 Å². The number of allylic oxidation sites excluding steroid dienone is 1. The molecular formula is C21H19ClFN7O2. The number of ether oxygens (including phenoxy) is 1. The molecule has 0 aliphatic carbocycles. The molecule has 4 rings (SSSR count). The first kappa shape index (κ1) is 21.3. The third-order valence-electron chi connectivity index (χ3n) is 4.33. The fourth-order valence-corrected chi connectivity index (χ4v) is 2.95. The highest BCUT2D eigenvalue weighted by Crippen LogP contribution is 2.30. The molecule has 0 radical (unpaired) electrons. The number of carbonyl (C=O) groups is 1. The third-order valence-corrected chi connectivity index (χ3v) is 4.51. The maximum absolute atomic E-state index is 14.5. The van der Waals surface area contributed by atoms with Crippen molar-refractivity contribution in [2.75, 3.05) is 16.5 Å². The van der Waals surface area contributed by atoms with E-state index in [2.05, 4.69) is 25.8 Å². The van der Waals surface area contributed by atoms with Crippen LogP contribution in [0, 0.1) is 5.82 Å². The molecule has 0 fully saturated rings. The summed E-state index contributed by atoms with van der Waals surface area (Å²) in [6.07, 6.45) is 7.98. The molecule has 0 atom stereocenters. The number of fused-ring (bicyclic) bond motifs is 1. The van der Waals surface area contributed by atoms with E-state index in [1.54, 1.807) is 33.7 Å². The number of amides is 1. The van der Waals surface area contributed by atoms with Crippen molar-refractivity contribution in [1.82, 2.24) is 24.4 Å². The summed E-state index contributed by atoms with van der Waals surface area (Å²) in [5, 5.41) is 14.3. The summed E-state index contributed by atoms with van der Waals surface area (Å²) in [6.45, 7) is 2.70. The normalized spacial score (nSPS) is 11.2. The van der Waals surface area contributed by atoms with Crippen LogP contribution in [0.15, 0.2) is 61.1 Å². The number of rotatable bonds is 8. The summed E-state index contributed by atoms with van der Waals surface area (Å²) in [4.78, 5) is 16.3. The van der Waals surface area contributed by atoms with Crippen LogP contribution in [0.1, 0.15) is 6.92 Å². The van der Waals surface area contributed by atoms with Crippen LogP contribution in [-0.4, -0.2) is 36.2 Å². The van der Waals surface area contributed by atoms with Crippen molar-refractivity contribution in [3.05, 3.63) is 66.9 Å². The molecule has 164 valence electrons. The number of anilines is 3. The summed E-state index contributed by atoms with van der Waals surface area (Å²) >= 11 is 5.54. The Labute approximate surface area is 187 Å². The van der Waals surface area contributed by atoms with E-state index >= 15 is 0 Å². The predicted molar refractivity (Wildman–Crippen MR) is 119 cm³/mol. The molecule has 0 saturated carbocycles. The van der Waals surface area contributed by atoms with Crippen molar-refractivity contribution in [3.63, 3.8) is 0 Å². The summed E-state index contributed by atoms with van der Waals surface area (Å²) in [6, 6.07) is 7.52. The number of nitrogens with zero attached hydrogens (tertiary/aromatic N) is 5. The van der Waals surface area contributed by atoms with Crippen molar-refractivity contribution in [1.29, 1.82) is 0 Å². The summed E-state index contributed by atoms with van der Waals surface area (Å²) in [7, 11) is 0. The van der Waals surface area contributed by atoms with Gasteiger partial charge in [-0.3, -0.25) is 9.48 Å². The molecule has 4 aromatic rings. The number of alkyl halides is 1. The molecule has 1 amide bonds. The quantitative estimate of drug-likeness (QED) is 0.302. The first-order valence-electron chi connectivity index (χ1n) is 9.71. The van der Waals surface area contributed by atoms with E-state index in [1.807, 2.05) is 13.1 Å². The maximum atomic E-state index is 14.5. The minimum absolute atomic E-state index is 0.101. The number of benzene rings is 1. The van der Waals surface area contributed by atoms with Crippen LogP contribution in [0.4, 0.5) is 21.7 Å². The largest absolute Gasteiger partial charge is 0.434 e. The van der Waals surface area contributed by atoms with Crippen LogP contribution in [0.3, 0.4) is 0 Å². The van der Waals surface area contributed by atoms with Gasteiger partial charge in [0.2, 0.25) is 17.7 Å². The molecule has 0 spiro atoms. The second kappa shape index (κ2) is 9.48. The monoisotopic (exact) mass is 455 g/mol. The lowest BCUT2D eigenvalue weighted by molar-refractivity contribution is -0.111. The summed E-state index contributed by atoms with van der Waals surface area (Å²) in [5.74, 6) is -0.507. The molecule has 9 nitrogen and oxygen atoms in total. The number of nitrogens with one attached hydrogen (secondary N) is 2. The van der Waals surface area contributed by atoms with Gasteiger partial charge in [-0.25, -0.2) is 8.91 Å². The number of aromatic nitrogens is 5. The highest BCUT2D eigenvalue weighted by Gasteiger charge is 2.14. The lowest BCUT2D eigenvalue weighted by Crippen LogP contribution is -2.08. The van der Waals surface area contributed by atoms with Crippen LogP contribution < -0.4 is 15.4 Å². The van der Waals surface area contributed by atoms with E-state index in [0.717, 1.165) is 6.54 Å². The molecule has 3 heterocycles. The van der Waals surface area contributed by atoms with Crippen molar-refractivity contribution in [3.8, 4) is 11.6 Å². The number of aryl methyl sites for hydroxylation is 1. The zero-order valence-electron chi connectivity index (χ0n) is 17.0. The van der Waals surface area contributed by atoms with Crippen LogP contribution in [0.2, 0.25) is 0 Å². The van der Waals surface area contributed by atoms with Gasteiger partial charge in [0.1, 0.15) is 5.52 Å². The first-order valence-corrected chi connectivity index (χ1v) is 10.2. The maximum Gasteiger partial charge on any atom is 0.248 e.